The van der Waals surface area contributed by atoms with Gasteiger partial charge in [-0.1, -0.05) is 0 Å². The average Bonchev–Trinajstić information content (AvgIpc) is 3.39. The molecule has 0 amide bonds. The van der Waals surface area contributed by atoms with Crippen molar-refractivity contribution in [2.45, 2.75) is 6.18 Å². The second-order valence-corrected chi connectivity index (χ2v) is 8.67. The lowest BCUT2D eigenvalue weighted by Crippen LogP contribution is -2.37. The van der Waals surface area contributed by atoms with Gasteiger partial charge in [-0.2, -0.15) is 18.3 Å². The van der Waals surface area contributed by atoms with Gasteiger partial charge in [0.1, 0.15) is 0 Å². The molecule has 1 fully saturated rings. The molecule has 1 aromatic carbocycles. The molecule has 38 heavy (non-hydrogen) atoms. The Morgan fingerprint density at radius 2 is 1.76 bits per heavy atom. The van der Waals surface area contributed by atoms with Crippen molar-refractivity contribution in [2.24, 2.45) is 0 Å². The molecule has 0 atom stereocenters. The van der Waals surface area contributed by atoms with Crippen molar-refractivity contribution >= 4 is 22.9 Å². The van der Waals surface area contributed by atoms with Gasteiger partial charge in [-0.25, -0.2) is 19.3 Å². The fourth-order valence-electron chi connectivity index (χ4n) is 3.80. The number of morpholine rings is 1. The van der Waals surface area contributed by atoms with E-state index >= 15 is 0 Å². The highest BCUT2D eigenvalue weighted by Crippen LogP contribution is 2.35. The Balaban J connectivity index is 1.34. The molecule has 1 aliphatic heterocycles. The molecule has 1 N–H and O–H groups in total. The van der Waals surface area contributed by atoms with Crippen LogP contribution in [0.3, 0.4) is 0 Å². The standard InChI is InChI=1S/C24H23F4N9O/c1-35(2)18-10-15(24(26,27)28)9-17(11-18)32-16-3-4-21(29-12-16)37-31-14-20(34-37)22-30-13-19(25)23(33-22)36-5-7-38-8-6-36/h3-4,9-14,32H,5-8H2,1-2H3. The van der Waals surface area contributed by atoms with Crippen LogP contribution in [-0.2, 0) is 10.9 Å². The van der Waals surface area contributed by atoms with Crippen LogP contribution in [0.4, 0.5) is 40.4 Å². The summed E-state index contributed by atoms with van der Waals surface area (Å²) in [4.78, 5) is 17.3. The van der Waals surface area contributed by atoms with E-state index in [-0.39, 0.29) is 17.3 Å². The van der Waals surface area contributed by atoms with Crippen molar-refractivity contribution in [3.63, 3.8) is 0 Å². The zero-order valence-corrected chi connectivity index (χ0v) is 20.4. The van der Waals surface area contributed by atoms with Gasteiger partial charge in [0.05, 0.1) is 43.1 Å². The lowest BCUT2D eigenvalue weighted by Gasteiger charge is -2.27. The molecule has 14 heteroatoms. The van der Waals surface area contributed by atoms with Gasteiger partial charge in [-0.3, -0.25) is 0 Å². The third-order valence-electron chi connectivity index (χ3n) is 5.76. The number of alkyl halides is 3. The summed E-state index contributed by atoms with van der Waals surface area (Å²) in [7, 11) is 3.34. The number of hydrogen-bond acceptors (Lipinski definition) is 9. The zero-order chi connectivity index (χ0) is 26.9. The highest BCUT2D eigenvalue weighted by molar-refractivity contribution is 5.66. The van der Waals surface area contributed by atoms with Crippen LogP contribution in [0.5, 0.6) is 0 Å². The zero-order valence-electron chi connectivity index (χ0n) is 20.4. The predicted octanol–water partition coefficient (Wildman–Crippen LogP) is 3.92. The molecular weight excluding hydrogens is 506 g/mol. The molecule has 1 aliphatic rings. The fraction of sp³-hybridized carbons (Fsp3) is 0.292. The molecule has 5 rings (SSSR count). The number of pyridine rings is 1. The maximum atomic E-state index is 14.4. The normalized spacial score (nSPS) is 14.0. The van der Waals surface area contributed by atoms with Crippen molar-refractivity contribution in [1.29, 1.82) is 0 Å². The number of anilines is 4. The minimum absolute atomic E-state index is 0.174. The molecular formula is C24H23F4N9O. The van der Waals surface area contributed by atoms with Crippen LogP contribution in [0, 0.1) is 5.82 Å². The third-order valence-corrected chi connectivity index (χ3v) is 5.76. The van der Waals surface area contributed by atoms with Crippen LogP contribution in [0.1, 0.15) is 5.56 Å². The van der Waals surface area contributed by atoms with Crippen LogP contribution < -0.4 is 15.1 Å². The van der Waals surface area contributed by atoms with Gasteiger partial charge in [-0.15, -0.1) is 9.90 Å². The minimum atomic E-state index is -4.48. The Morgan fingerprint density at radius 1 is 0.974 bits per heavy atom. The largest absolute Gasteiger partial charge is 0.416 e. The topological polar surface area (TPSA) is 97.1 Å². The van der Waals surface area contributed by atoms with Gasteiger partial charge < -0.3 is 19.9 Å². The van der Waals surface area contributed by atoms with Crippen LogP contribution in [0.15, 0.2) is 48.9 Å². The third kappa shape index (κ3) is 5.49. The first-order chi connectivity index (χ1) is 18.2. The summed E-state index contributed by atoms with van der Waals surface area (Å²) in [6.07, 6.45) is -0.486. The van der Waals surface area contributed by atoms with E-state index in [0.717, 1.165) is 18.3 Å². The van der Waals surface area contributed by atoms with Gasteiger partial charge >= 0.3 is 6.18 Å². The molecule has 4 aromatic rings. The molecule has 1 saturated heterocycles. The van der Waals surface area contributed by atoms with Crippen LogP contribution in [0.2, 0.25) is 0 Å². The molecule has 0 aliphatic carbocycles. The van der Waals surface area contributed by atoms with E-state index in [9.17, 15) is 17.6 Å². The molecule has 0 radical (unpaired) electrons. The van der Waals surface area contributed by atoms with Crippen molar-refractivity contribution in [1.82, 2.24) is 29.9 Å². The number of ether oxygens (including phenoxy) is 1. The van der Waals surface area contributed by atoms with Crippen molar-refractivity contribution in [3.05, 3.63) is 60.3 Å². The Morgan fingerprint density at radius 3 is 2.45 bits per heavy atom. The van der Waals surface area contributed by atoms with Gasteiger partial charge in [0.15, 0.2) is 29.0 Å². The number of halogens is 4. The molecule has 198 valence electrons. The quantitative estimate of drug-likeness (QED) is 0.373. The van der Waals surface area contributed by atoms with Gasteiger partial charge in [0.2, 0.25) is 0 Å². The van der Waals surface area contributed by atoms with Gasteiger partial charge in [0, 0.05) is 38.6 Å². The maximum absolute atomic E-state index is 14.4. The Kier molecular flexibility index (Phi) is 6.80. The second kappa shape index (κ2) is 10.2. The van der Waals surface area contributed by atoms with Gasteiger partial charge in [-0.05, 0) is 30.3 Å². The second-order valence-electron chi connectivity index (χ2n) is 8.67. The molecule has 0 spiro atoms. The first-order valence-electron chi connectivity index (χ1n) is 11.6. The molecule has 10 nitrogen and oxygen atoms in total. The maximum Gasteiger partial charge on any atom is 0.416 e. The summed E-state index contributed by atoms with van der Waals surface area (Å²) in [6.45, 7) is 1.99. The van der Waals surface area contributed by atoms with Crippen LogP contribution >= 0.6 is 0 Å². The molecule has 3 aromatic heterocycles. The number of aromatic nitrogens is 6. The van der Waals surface area contributed by atoms with Crippen molar-refractivity contribution in [3.8, 4) is 17.3 Å². The lowest BCUT2D eigenvalue weighted by atomic mass is 10.1. The number of hydrogen-bond donors (Lipinski definition) is 1. The summed E-state index contributed by atoms with van der Waals surface area (Å²) in [5.41, 5.74) is 0.705. The summed E-state index contributed by atoms with van der Waals surface area (Å²) in [5.74, 6) is 0.202. The fourth-order valence-corrected chi connectivity index (χ4v) is 3.80. The first kappa shape index (κ1) is 25.3. The van der Waals surface area contributed by atoms with E-state index in [0.29, 0.717) is 49.2 Å². The number of nitrogens with zero attached hydrogens (tertiary/aromatic N) is 8. The smallest absolute Gasteiger partial charge is 0.378 e. The van der Waals surface area contributed by atoms with E-state index in [4.69, 9.17) is 4.74 Å². The van der Waals surface area contributed by atoms with E-state index in [1.165, 1.54) is 17.2 Å². The van der Waals surface area contributed by atoms with E-state index in [1.54, 1.807) is 42.1 Å². The summed E-state index contributed by atoms with van der Waals surface area (Å²) in [5, 5.41) is 11.5. The number of benzene rings is 1. The Bertz CT molecular complexity index is 1420. The summed E-state index contributed by atoms with van der Waals surface area (Å²) >= 11 is 0. The highest BCUT2D eigenvalue weighted by atomic mass is 19.4. The SMILES string of the molecule is CN(C)c1cc(Nc2ccc(-n3ncc(-c4ncc(F)c(N5CCOCC5)n4)n3)nc2)cc(C(F)(F)F)c1. The van der Waals surface area contributed by atoms with Gasteiger partial charge in [0.25, 0.3) is 0 Å². The highest BCUT2D eigenvalue weighted by Gasteiger charge is 2.31. The van der Waals surface area contributed by atoms with Crippen LogP contribution in [-0.4, -0.2) is 70.3 Å². The Hall–Kier alpha value is -4.33. The van der Waals surface area contributed by atoms with E-state index < -0.39 is 17.6 Å². The van der Waals surface area contributed by atoms with E-state index in [1.807, 2.05) is 0 Å². The Labute approximate surface area is 214 Å². The van der Waals surface area contributed by atoms with Crippen molar-refractivity contribution < 1.29 is 22.3 Å². The molecule has 0 unspecified atom stereocenters. The van der Waals surface area contributed by atoms with Crippen LogP contribution in [0.25, 0.3) is 17.3 Å². The number of rotatable bonds is 6. The van der Waals surface area contributed by atoms with Crippen molar-refractivity contribution in [2.75, 3.05) is 55.5 Å². The summed E-state index contributed by atoms with van der Waals surface area (Å²) < 4.78 is 59.7. The predicted molar refractivity (Wildman–Crippen MR) is 132 cm³/mol. The minimum Gasteiger partial charge on any atom is -0.378 e. The van der Waals surface area contributed by atoms with E-state index in [2.05, 4.69) is 30.5 Å². The average molecular weight is 530 g/mol. The number of nitrogens with one attached hydrogen (secondary N) is 1. The lowest BCUT2D eigenvalue weighted by molar-refractivity contribution is -0.137. The summed E-state index contributed by atoms with van der Waals surface area (Å²) in [6, 6.07) is 6.99. The molecule has 4 heterocycles. The molecule has 0 bridgehead atoms. The first-order valence-corrected chi connectivity index (χ1v) is 11.6. The molecule has 0 saturated carbocycles. The monoisotopic (exact) mass is 529 g/mol.